The Morgan fingerprint density at radius 2 is 2.35 bits per heavy atom. The normalized spacial score (nSPS) is 9.70. The molecule has 0 aliphatic rings. The van der Waals surface area contributed by atoms with Gasteiger partial charge in [-0.3, -0.25) is 10.1 Å². The lowest BCUT2D eigenvalue weighted by atomic mass is 10.2. The smallest absolute Gasteiger partial charge is 0.260 e. The lowest BCUT2D eigenvalue weighted by Gasteiger charge is -2.03. The second kappa shape index (κ2) is 6.14. The molecule has 0 fully saturated rings. The summed E-state index contributed by atoms with van der Waals surface area (Å²) in [6.45, 7) is 0.234. The highest BCUT2D eigenvalue weighted by Crippen LogP contribution is 2.20. The Kier molecular flexibility index (Phi) is 4.30. The second-order valence-electron chi connectivity index (χ2n) is 3.65. The summed E-state index contributed by atoms with van der Waals surface area (Å²) < 4.78 is 13.5. The summed E-state index contributed by atoms with van der Waals surface area (Å²) in [5, 5.41) is 11.9. The molecule has 0 atom stereocenters. The van der Waals surface area contributed by atoms with E-state index in [1.165, 1.54) is 18.3 Å². The van der Waals surface area contributed by atoms with Gasteiger partial charge in [0.2, 0.25) is 0 Å². The minimum atomic E-state index is -0.804. The average Bonchev–Trinajstić information content (AvgIpc) is 2.83. The number of phenolic OH excluding ortho intramolecular Hbond substituents is 1. The molecular formula is C13H10FN3O2S. The van der Waals surface area contributed by atoms with E-state index in [4.69, 9.17) is 10.8 Å². The van der Waals surface area contributed by atoms with Crippen LogP contribution in [0.1, 0.15) is 15.2 Å². The fraction of sp³-hybridized carbons (Fsp3) is 0.0769. The van der Waals surface area contributed by atoms with Crippen LogP contribution >= 0.6 is 11.3 Å². The van der Waals surface area contributed by atoms with Crippen molar-refractivity contribution in [2.75, 3.05) is 11.9 Å². The number of carbonyl (C=O) groups is 1. The van der Waals surface area contributed by atoms with Crippen molar-refractivity contribution in [1.29, 1.82) is 0 Å². The highest BCUT2D eigenvalue weighted by Gasteiger charge is 2.13. The number of carbonyl (C=O) groups excluding carboxylic acids is 1. The lowest BCUT2D eigenvalue weighted by Crippen LogP contribution is -2.13. The van der Waals surface area contributed by atoms with Gasteiger partial charge in [0, 0.05) is 6.07 Å². The maximum atomic E-state index is 13.5. The first-order chi connectivity index (χ1) is 9.60. The van der Waals surface area contributed by atoms with Crippen molar-refractivity contribution >= 4 is 22.4 Å². The monoisotopic (exact) mass is 291 g/mol. The molecule has 5 nitrogen and oxygen atoms in total. The van der Waals surface area contributed by atoms with Gasteiger partial charge in [-0.2, -0.15) is 0 Å². The van der Waals surface area contributed by atoms with Gasteiger partial charge in [0.25, 0.3) is 5.91 Å². The highest BCUT2D eigenvalue weighted by atomic mass is 32.1. The fourth-order valence-corrected chi connectivity index (χ4v) is 2.07. The van der Waals surface area contributed by atoms with E-state index >= 15 is 0 Å². The van der Waals surface area contributed by atoms with E-state index < -0.39 is 11.7 Å². The van der Waals surface area contributed by atoms with Gasteiger partial charge >= 0.3 is 0 Å². The van der Waals surface area contributed by atoms with Gasteiger partial charge in [0.1, 0.15) is 11.6 Å². The third-order valence-corrected chi connectivity index (χ3v) is 3.07. The molecule has 0 saturated heterocycles. The summed E-state index contributed by atoms with van der Waals surface area (Å²) in [5.74, 6) is 3.76. The molecule has 1 heterocycles. The Morgan fingerprint density at radius 3 is 3.05 bits per heavy atom. The third-order valence-electron chi connectivity index (χ3n) is 2.24. The molecule has 0 saturated carbocycles. The van der Waals surface area contributed by atoms with Crippen molar-refractivity contribution < 1.29 is 14.3 Å². The summed E-state index contributed by atoms with van der Waals surface area (Å²) in [5.41, 5.74) is 5.07. The molecular weight excluding hydrogens is 281 g/mol. The molecule has 0 radical (unpaired) electrons. The van der Waals surface area contributed by atoms with Crippen LogP contribution in [0, 0.1) is 17.7 Å². The Morgan fingerprint density at radius 1 is 1.55 bits per heavy atom. The van der Waals surface area contributed by atoms with Crippen molar-refractivity contribution in [3.05, 3.63) is 40.7 Å². The van der Waals surface area contributed by atoms with Gasteiger partial charge in [0.15, 0.2) is 5.13 Å². The Hall–Kier alpha value is -2.43. The molecule has 1 amide bonds. The Labute approximate surface area is 118 Å². The van der Waals surface area contributed by atoms with E-state index in [9.17, 15) is 9.18 Å². The van der Waals surface area contributed by atoms with Crippen LogP contribution in [0.15, 0.2) is 24.4 Å². The molecule has 0 spiro atoms. The topological polar surface area (TPSA) is 88.2 Å². The number of rotatable bonds is 2. The van der Waals surface area contributed by atoms with Crippen molar-refractivity contribution in [3.8, 4) is 17.6 Å². The Balaban J connectivity index is 2.13. The number of hydrogen-bond acceptors (Lipinski definition) is 5. The number of nitrogens with two attached hydrogens (primary N) is 1. The molecule has 0 bridgehead atoms. The zero-order valence-electron chi connectivity index (χ0n) is 10.2. The summed E-state index contributed by atoms with van der Waals surface area (Å²) in [7, 11) is 0. The first-order valence-electron chi connectivity index (χ1n) is 5.55. The Bertz CT molecular complexity index is 703. The van der Waals surface area contributed by atoms with Crippen LogP contribution in [0.2, 0.25) is 0 Å². The van der Waals surface area contributed by atoms with Gasteiger partial charge in [-0.15, -0.1) is 0 Å². The predicted octanol–water partition coefficient (Wildman–Crippen LogP) is 1.55. The second-order valence-corrected chi connectivity index (χ2v) is 4.68. The molecule has 0 aliphatic carbocycles. The van der Waals surface area contributed by atoms with Crippen molar-refractivity contribution in [3.63, 3.8) is 0 Å². The minimum absolute atomic E-state index is 0.174. The van der Waals surface area contributed by atoms with E-state index in [0.29, 0.717) is 10.0 Å². The van der Waals surface area contributed by atoms with E-state index in [0.717, 1.165) is 17.4 Å². The molecule has 1 aromatic carbocycles. The number of phenols is 1. The molecule has 20 heavy (non-hydrogen) atoms. The van der Waals surface area contributed by atoms with Crippen LogP contribution in [0.5, 0.6) is 5.75 Å². The van der Waals surface area contributed by atoms with E-state index in [2.05, 4.69) is 22.1 Å². The standard InChI is InChI=1S/C13H10FN3O2S/c14-11-6-8(18)3-4-10(11)12(19)17-13-16-7-9(20-13)2-1-5-15/h3-4,6-7,18H,5,15H2,(H,16,17,19). The van der Waals surface area contributed by atoms with Crippen LogP contribution in [-0.4, -0.2) is 22.5 Å². The van der Waals surface area contributed by atoms with Gasteiger partial charge < -0.3 is 10.8 Å². The van der Waals surface area contributed by atoms with E-state index in [1.807, 2.05) is 0 Å². The molecule has 102 valence electrons. The predicted molar refractivity (Wildman–Crippen MR) is 74.1 cm³/mol. The molecule has 7 heteroatoms. The number of hydrogen-bond donors (Lipinski definition) is 3. The number of aromatic nitrogens is 1. The molecule has 0 unspecified atom stereocenters. The number of nitrogens with one attached hydrogen (secondary N) is 1. The van der Waals surface area contributed by atoms with Crippen molar-refractivity contribution in [2.45, 2.75) is 0 Å². The van der Waals surface area contributed by atoms with Crippen LogP contribution in [0.25, 0.3) is 0 Å². The highest BCUT2D eigenvalue weighted by molar-refractivity contribution is 7.16. The molecule has 2 aromatic rings. The number of aromatic hydroxyl groups is 1. The number of benzene rings is 1. The third kappa shape index (κ3) is 3.32. The van der Waals surface area contributed by atoms with Crippen LogP contribution in [-0.2, 0) is 0 Å². The molecule has 1 aromatic heterocycles. The number of anilines is 1. The van der Waals surface area contributed by atoms with Gasteiger partial charge in [-0.25, -0.2) is 9.37 Å². The minimum Gasteiger partial charge on any atom is -0.508 e. The number of amides is 1. The SMILES string of the molecule is NCC#Cc1cnc(NC(=O)c2ccc(O)cc2F)s1. The number of halogens is 1. The lowest BCUT2D eigenvalue weighted by molar-refractivity contribution is 0.102. The molecule has 0 aliphatic heterocycles. The maximum Gasteiger partial charge on any atom is 0.260 e. The van der Waals surface area contributed by atoms with Crippen molar-refractivity contribution in [1.82, 2.24) is 4.98 Å². The summed E-state index contributed by atoms with van der Waals surface area (Å²) >= 11 is 1.16. The zero-order valence-corrected chi connectivity index (χ0v) is 11.0. The quantitative estimate of drug-likeness (QED) is 0.732. The van der Waals surface area contributed by atoms with E-state index in [1.54, 1.807) is 0 Å². The van der Waals surface area contributed by atoms with E-state index in [-0.39, 0.29) is 17.9 Å². The summed E-state index contributed by atoms with van der Waals surface area (Å²) in [6, 6.07) is 3.30. The fourth-order valence-electron chi connectivity index (χ4n) is 1.38. The van der Waals surface area contributed by atoms with Gasteiger partial charge in [-0.1, -0.05) is 23.2 Å². The van der Waals surface area contributed by atoms with Gasteiger partial charge in [0.05, 0.1) is 23.2 Å². The maximum absolute atomic E-state index is 13.5. The number of thiazole rings is 1. The molecule has 4 N–H and O–H groups in total. The van der Waals surface area contributed by atoms with Crippen LogP contribution in [0.4, 0.5) is 9.52 Å². The first-order valence-corrected chi connectivity index (χ1v) is 6.36. The largest absolute Gasteiger partial charge is 0.508 e. The number of nitrogens with zero attached hydrogens (tertiary/aromatic N) is 1. The first kappa shape index (κ1) is 14.0. The summed E-state index contributed by atoms with van der Waals surface area (Å²) in [4.78, 5) is 16.5. The van der Waals surface area contributed by atoms with Crippen LogP contribution < -0.4 is 11.1 Å². The summed E-state index contributed by atoms with van der Waals surface area (Å²) in [6.07, 6.45) is 1.50. The average molecular weight is 291 g/mol. The van der Waals surface area contributed by atoms with Gasteiger partial charge in [-0.05, 0) is 12.1 Å². The van der Waals surface area contributed by atoms with Crippen molar-refractivity contribution in [2.24, 2.45) is 5.73 Å². The molecule has 2 rings (SSSR count). The van der Waals surface area contributed by atoms with Crippen LogP contribution in [0.3, 0.4) is 0 Å². The zero-order chi connectivity index (χ0) is 14.5.